The van der Waals surface area contributed by atoms with Crippen LogP contribution in [0.4, 0.5) is 0 Å². The van der Waals surface area contributed by atoms with Gasteiger partial charge in [0.1, 0.15) is 6.54 Å². The van der Waals surface area contributed by atoms with Gasteiger partial charge in [0.2, 0.25) is 0 Å². The minimum absolute atomic E-state index is 0.239. The first-order chi connectivity index (χ1) is 6.52. The molecular formula is C7H16N2O4S. The van der Waals surface area contributed by atoms with Crippen molar-refractivity contribution in [1.29, 1.82) is 0 Å². The maximum atomic E-state index is 11.1. The molecule has 0 bridgehead atoms. The van der Waals surface area contributed by atoms with Gasteiger partial charge in [-0.25, -0.2) is 4.72 Å². The molecule has 0 aromatic carbocycles. The van der Waals surface area contributed by atoms with E-state index in [2.05, 4.69) is 14.2 Å². The third-order valence-electron chi connectivity index (χ3n) is 1.25. The quantitative estimate of drug-likeness (QED) is 0.565. The molecule has 0 unspecified atom stereocenters. The zero-order chi connectivity index (χ0) is 11.0. The van der Waals surface area contributed by atoms with E-state index in [1.807, 2.05) is 6.92 Å². The molecule has 0 heterocycles. The molecule has 0 atom stereocenters. The lowest BCUT2D eigenvalue weighted by Crippen LogP contribution is -2.40. The van der Waals surface area contributed by atoms with Crippen molar-refractivity contribution in [3.05, 3.63) is 0 Å². The first-order valence-corrected chi connectivity index (χ1v) is 5.90. The molecule has 0 aliphatic rings. The Hall–Kier alpha value is -0.660. The van der Waals surface area contributed by atoms with E-state index in [9.17, 15) is 13.2 Å². The Morgan fingerprint density at radius 2 is 1.93 bits per heavy atom. The van der Waals surface area contributed by atoms with Crippen molar-refractivity contribution in [2.45, 2.75) is 20.3 Å². The second-order valence-corrected chi connectivity index (χ2v) is 4.11. The fourth-order valence-corrected chi connectivity index (χ4v) is 1.54. The summed E-state index contributed by atoms with van der Waals surface area (Å²) in [5.74, 6) is -0.589. The molecule has 0 amide bonds. The van der Waals surface area contributed by atoms with Crippen LogP contribution in [0.25, 0.3) is 0 Å². The highest BCUT2D eigenvalue weighted by molar-refractivity contribution is 7.87. The lowest BCUT2D eigenvalue weighted by atomic mass is 10.5. The first-order valence-electron chi connectivity index (χ1n) is 4.41. The van der Waals surface area contributed by atoms with E-state index in [1.165, 1.54) is 0 Å². The van der Waals surface area contributed by atoms with Gasteiger partial charge in [-0.3, -0.25) is 4.79 Å². The molecule has 0 aliphatic carbocycles. The Kier molecular flexibility index (Phi) is 6.43. The average molecular weight is 224 g/mol. The summed E-state index contributed by atoms with van der Waals surface area (Å²) in [5.41, 5.74) is 0. The number of ether oxygens (including phenoxy) is 1. The van der Waals surface area contributed by atoms with Crippen molar-refractivity contribution in [3.8, 4) is 0 Å². The second kappa shape index (κ2) is 6.74. The zero-order valence-corrected chi connectivity index (χ0v) is 9.19. The smallest absolute Gasteiger partial charge is 0.321 e. The summed E-state index contributed by atoms with van der Waals surface area (Å²) in [6.45, 7) is 3.74. The highest BCUT2D eigenvalue weighted by Gasteiger charge is 2.10. The van der Waals surface area contributed by atoms with Gasteiger partial charge < -0.3 is 4.74 Å². The number of esters is 1. The molecule has 0 saturated heterocycles. The maximum Gasteiger partial charge on any atom is 0.321 e. The molecule has 0 aromatic heterocycles. The van der Waals surface area contributed by atoms with Crippen LogP contribution in [0.3, 0.4) is 0 Å². The van der Waals surface area contributed by atoms with Crippen LogP contribution in [0.15, 0.2) is 0 Å². The summed E-state index contributed by atoms with van der Waals surface area (Å²) < 4.78 is 31.0. The number of hydrogen-bond acceptors (Lipinski definition) is 4. The van der Waals surface area contributed by atoms with Crippen LogP contribution in [0, 0.1) is 0 Å². The molecule has 84 valence electrons. The predicted octanol–water partition coefficient (Wildman–Crippen LogP) is -0.616. The van der Waals surface area contributed by atoms with Gasteiger partial charge in [-0.05, 0) is 13.3 Å². The highest BCUT2D eigenvalue weighted by Crippen LogP contribution is 1.81. The average Bonchev–Trinajstić information content (AvgIpc) is 2.13. The number of rotatable bonds is 7. The molecule has 7 heteroatoms. The van der Waals surface area contributed by atoms with E-state index in [-0.39, 0.29) is 13.2 Å². The van der Waals surface area contributed by atoms with Gasteiger partial charge in [0, 0.05) is 6.54 Å². The summed E-state index contributed by atoms with van der Waals surface area (Å²) >= 11 is 0. The molecule has 6 nitrogen and oxygen atoms in total. The van der Waals surface area contributed by atoms with E-state index in [4.69, 9.17) is 0 Å². The monoisotopic (exact) mass is 224 g/mol. The van der Waals surface area contributed by atoms with E-state index >= 15 is 0 Å². The van der Waals surface area contributed by atoms with Crippen molar-refractivity contribution in [2.24, 2.45) is 0 Å². The Morgan fingerprint density at radius 3 is 2.43 bits per heavy atom. The van der Waals surface area contributed by atoms with Gasteiger partial charge in [0.15, 0.2) is 0 Å². The normalized spacial score (nSPS) is 11.3. The lowest BCUT2D eigenvalue weighted by Gasteiger charge is -2.06. The van der Waals surface area contributed by atoms with E-state index < -0.39 is 16.2 Å². The molecule has 2 N–H and O–H groups in total. The zero-order valence-electron chi connectivity index (χ0n) is 8.37. The lowest BCUT2D eigenvalue weighted by molar-refractivity contribution is -0.141. The van der Waals surface area contributed by atoms with Crippen molar-refractivity contribution < 1.29 is 17.9 Å². The highest BCUT2D eigenvalue weighted by atomic mass is 32.2. The Balaban J connectivity index is 3.81. The van der Waals surface area contributed by atoms with Crippen molar-refractivity contribution in [2.75, 3.05) is 19.7 Å². The minimum atomic E-state index is -3.56. The Labute approximate surface area is 84.2 Å². The van der Waals surface area contributed by atoms with E-state index in [1.54, 1.807) is 6.92 Å². The molecular weight excluding hydrogens is 208 g/mol. The van der Waals surface area contributed by atoms with Gasteiger partial charge >= 0.3 is 5.97 Å². The number of hydrogen-bond donors (Lipinski definition) is 2. The van der Waals surface area contributed by atoms with E-state index in [0.29, 0.717) is 13.0 Å². The van der Waals surface area contributed by atoms with Gasteiger partial charge in [0.25, 0.3) is 10.2 Å². The van der Waals surface area contributed by atoms with Crippen molar-refractivity contribution >= 4 is 16.2 Å². The van der Waals surface area contributed by atoms with Crippen LogP contribution in [0.1, 0.15) is 20.3 Å². The molecule has 0 fully saturated rings. The number of nitrogens with one attached hydrogen (secondary N) is 2. The molecule has 0 saturated carbocycles. The Bertz CT molecular complexity index is 263. The maximum absolute atomic E-state index is 11.1. The third kappa shape index (κ3) is 6.81. The van der Waals surface area contributed by atoms with Gasteiger partial charge in [-0.1, -0.05) is 6.92 Å². The van der Waals surface area contributed by atoms with Crippen LogP contribution in [-0.2, 0) is 19.7 Å². The third-order valence-corrected chi connectivity index (χ3v) is 2.36. The molecule has 14 heavy (non-hydrogen) atoms. The largest absolute Gasteiger partial charge is 0.465 e. The first kappa shape index (κ1) is 13.3. The number of carbonyl (C=O) groups is 1. The van der Waals surface area contributed by atoms with Gasteiger partial charge in [-0.15, -0.1) is 0 Å². The predicted molar refractivity (Wildman–Crippen MR) is 51.8 cm³/mol. The second-order valence-electron chi connectivity index (χ2n) is 2.52. The summed E-state index contributed by atoms with van der Waals surface area (Å²) in [7, 11) is -3.56. The number of carbonyl (C=O) groups excluding carboxylic acids is 1. The van der Waals surface area contributed by atoms with Crippen LogP contribution in [0.2, 0.25) is 0 Å². The van der Waals surface area contributed by atoms with Crippen molar-refractivity contribution in [3.63, 3.8) is 0 Å². The van der Waals surface area contributed by atoms with Crippen LogP contribution < -0.4 is 9.44 Å². The SMILES string of the molecule is CCCNS(=O)(=O)NCC(=O)OCC. The van der Waals surface area contributed by atoms with Crippen LogP contribution in [0.5, 0.6) is 0 Å². The molecule has 0 rings (SSSR count). The molecule has 0 spiro atoms. The minimum Gasteiger partial charge on any atom is -0.465 e. The summed E-state index contributed by atoms with van der Waals surface area (Å²) in [4.78, 5) is 10.8. The molecule has 0 aliphatic heterocycles. The molecule has 0 aromatic rings. The van der Waals surface area contributed by atoms with Gasteiger partial charge in [-0.2, -0.15) is 13.1 Å². The van der Waals surface area contributed by atoms with E-state index in [0.717, 1.165) is 0 Å². The summed E-state index contributed by atoms with van der Waals surface area (Å²) in [6.07, 6.45) is 0.695. The fraction of sp³-hybridized carbons (Fsp3) is 0.857. The molecule has 0 radical (unpaired) electrons. The van der Waals surface area contributed by atoms with Gasteiger partial charge in [0.05, 0.1) is 6.61 Å². The Morgan fingerprint density at radius 1 is 1.29 bits per heavy atom. The standard InChI is InChI=1S/C7H16N2O4S/c1-3-5-8-14(11,12)9-6-7(10)13-4-2/h8-9H,3-6H2,1-2H3. The topological polar surface area (TPSA) is 84.5 Å². The van der Waals surface area contributed by atoms with Crippen LogP contribution in [-0.4, -0.2) is 34.1 Å². The fourth-order valence-electron chi connectivity index (χ4n) is 0.653. The van der Waals surface area contributed by atoms with Crippen molar-refractivity contribution in [1.82, 2.24) is 9.44 Å². The summed E-state index contributed by atoms with van der Waals surface area (Å²) in [5, 5.41) is 0. The van der Waals surface area contributed by atoms with Crippen LogP contribution >= 0.6 is 0 Å². The summed E-state index contributed by atoms with van der Waals surface area (Å²) in [6, 6.07) is 0.